The van der Waals surface area contributed by atoms with E-state index in [4.69, 9.17) is 4.42 Å². The minimum Gasteiger partial charge on any atom is -0.439 e. The van der Waals surface area contributed by atoms with Gasteiger partial charge in [0.2, 0.25) is 5.89 Å². The molecule has 3 nitrogen and oxygen atoms in total. The average molecular weight is 244 g/mol. The molecular formula is C11H11F3N2O. The molecule has 2 aromatic rings. The third-order valence-corrected chi connectivity index (χ3v) is 2.29. The molecule has 0 aliphatic carbocycles. The highest BCUT2D eigenvalue weighted by Gasteiger charge is 2.30. The third kappa shape index (κ3) is 2.58. The molecule has 1 N–H and O–H groups in total. The van der Waals surface area contributed by atoms with Gasteiger partial charge in [-0.05, 0) is 24.7 Å². The van der Waals surface area contributed by atoms with Gasteiger partial charge < -0.3 is 9.73 Å². The first kappa shape index (κ1) is 11.9. The fourth-order valence-electron chi connectivity index (χ4n) is 1.46. The number of aromatic nitrogens is 1. The Hall–Kier alpha value is -1.56. The van der Waals surface area contributed by atoms with Crippen molar-refractivity contribution in [1.82, 2.24) is 10.3 Å². The molecule has 1 aromatic heterocycles. The second kappa shape index (κ2) is 4.37. The zero-order chi connectivity index (χ0) is 12.5. The number of nitrogens with zero attached hydrogens (tertiary/aromatic N) is 1. The van der Waals surface area contributed by atoms with E-state index in [0.717, 1.165) is 18.7 Å². The Labute approximate surface area is 95.6 Å². The van der Waals surface area contributed by atoms with Gasteiger partial charge in [-0.1, -0.05) is 6.92 Å². The average Bonchev–Trinajstić information content (AvgIpc) is 2.66. The van der Waals surface area contributed by atoms with E-state index < -0.39 is 11.7 Å². The van der Waals surface area contributed by atoms with Crippen LogP contribution < -0.4 is 5.32 Å². The molecule has 1 heterocycles. The number of hydrogen-bond donors (Lipinski definition) is 1. The molecule has 0 radical (unpaired) electrons. The monoisotopic (exact) mass is 244 g/mol. The van der Waals surface area contributed by atoms with E-state index in [1.165, 1.54) is 6.07 Å². The van der Waals surface area contributed by atoms with E-state index in [1.54, 1.807) is 0 Å². The summed E-state index contributed by atoms with van der Waals surface area (Å²) in [5.41, 5.74) is -0.119. The van der Waals surface area contributed by atoms with E-state index >= 15 is 0 Å². The number of hydrogen-bond acceptors (Lipinski definition) is 3. The Kier molecular flexibility index (Phi) is 3.06. The van der Waals surface area contributed by atoms with Crippen LogP contribution in [-0.4, -0.2) is 11.5 Å². The van der Waals surface area contributed by atoms with Gasteiger partial charge in [-0.25, -0.2) is 4.98 Å². The molecule has 0 bridgehead atoms. The van der Waals surface area contributed by atoms with Crippen LogP contribution >= 0.6 is 0 Å². The maximum atomic E-state index is 12.5. The molecule has 0 fully saturated rings. The summed E-state index contributed by atoms with van der Waals surface area (Å²) >= 11 is 0. The van der Waals surface area contributed by atoms with Crippen molar-refractivity contribution >= 4 is 11.1 Å². The topological polar surface area (TPSA) is 38.1 Å². The Balaban J connectivity index is 2.34. The summed E-state index contributed by atoms with van der Waals surface area (Å²) in [4.78, 5) is 4.00. The number of benzene rings is 1. The summed E-state index contributed by atoms with van der Waals surface area (Å²) in [7, 11) is 0. The quantitative estimate of drug-likeness (QED) is 0.902. The van der Waals surface area contributed by atoms with Crippen LogP contribution in [0.1, 0.15) is 18.4 Å². The van der Waals surface area contributed by atoms with Gasteiger partial charge in [-0.2, -0.15) is 13.2 Å². The van der Waals surface area contributed by atoms with Crippen LogP contribution in [0.2, 0.25) is 0 Å². The van der Waals surface area contributed by atoms with Crippen molar-refractivity contribution < 1.29 is 17.6 Å². The molecule has 0 amide bonds. The van der Waals surface area contributed by atoms with Crippen LogP contribution in [0, 0.1) is 0 Å². The van der Waals surface area contributed by atoms with Crippen LogP contribution in [0.25, 0.3) is 11.1 Å². The van der Waals surface area contributed by atoms with Gasteiger partial charge in [-0.15, -0.1) is 0 Å². The van der Waals surface area contributed by atoms with Gasteiger partial charge >= 0.3 is 6.18 Å². The van der Waals surface area contributed by atoms with Gasteiger partial charge in [-0.3, -0.25) is 0 Å². The molecular weight excluding hydrogens is 233 g/mol. The van der Waals surface area contributed by atoms with Crippen molar-refractivity contribution in [3.8, 4) is 0 Å². The maximum absolute atomic E-state index is 12.5. The number of rotatable bonds is 3. The van der Waals surface area contributed by atoms with Crippen molar-refractivity contribution in [2.45, 2.75) is 19.6 Å². The number of oxazole rings is 1. The lowest BCUT2D eigenvalue weighted by Gasteiger charge is -2.04. The number of nitrogens with one attached hydrogen (secondary N) is 1. The van der Waals surface area contributed by atoms with Crippen molar-refractivity contribution in [3.63, 3.8) is 0 Å². The first-order chi connectivity index (χ1) is 8.00. The number of halogens is 3. The summed E-state index contributed by atoms with van der Waals surface area (Å²) in [6, 6.07) is 3.28. The van der Waals surface area contributed by atoms with Crippen molar-refractivity contribution in [3.05, 3.63) is 29.7 Å². The third-order valence-electron chi connectivity index (χ3n) is 2.29. The zero-order valence-corrected chi connectivity index (χ0v) is 9.14. The molecule has 6 heteroatoms. The molecule has 1 aromatic carbocycles. The maximum Gasteiger partial charge on any atom is 0.416 e. The normalized spacial score (nSPS) is 12.2. The summed E-state index contributed by atoms with van der Waals surface area (Å²) in [5.74, 6) is 0.390. The minimum absolute atomic E-state index is 0.229. The van der Waals surface area contributed by atoms with E-state index in [1.807, 2.05) is 6.92 Å². The predicted molar refractivity (Wildman–Crippen MR) is 56.4 cm³/mol. The van der Waals surface area contributed by atoms with Crippen molar-refractivity contribution in [2.24, 2.45) is 0 Å². The second-order valence-electron chi connectivity index (χ2n) is 3.57. The molecule has 17 heavy (non-hydrogen) atoms. The largest absolute Gasteiger partial charge is 0.439 e. The molecule has 0 unspecified atom stereocenters. The Morgan fingerprint density at radius 1 is 1.35 bits per heavy atom. The van der Waals surface area contributed by atoms with Gasteiger partial charge in [0.25, 0.3) is 0 Å². The lowest BCUT2D eigenvalue weighted by Crippen LogP contribution is -2.11. The highest BCUT2D eigenvalue weighted by molar-refractivity contribution is 5.73. The highest BCUT2D eigenvalue weighted by Crippen LogP contribution is 2.31. The summed E-state index contributed by atoms with van der Waals surface area (Å²) in [6.45, 7) is 3.07. The Morgan fingerprint density at radius 3 is 2.76 bits per heavy atom. The zero-order valence-electron chi connectivity index (χ0n) is 9.14. The van der Waals surface area contributed by atoms with Gasteiger partial charge in [0.05, 0.1) is 12.1 Å². The van der Waals surface area contributed by atoms with Gasteiger partial charge in [0, 0.05) is 0 Å². The first-order valence-electron chi connectivity index (χ1n) is 5.18. The van der Waals surface area contributed by atoms with Gasteiger partial charge in [0.15, 0.2) is 5.58 Å². The molecule has 0 saturated carbocycles. The second-order valence-corrected chi connectivity index (χ2v) is 3.57. The molecule has 0 atom stereocenters. The van der Waals surface area contributed by atoms with Crippen LogP contribution in [0.3, 0.4) is 0 Å². The van der Waals surface area contributed by atoms with Crippen LogP contribution in [-0.2, 0) is 12.7 Å². The molecule has 0 aliphatic heterocycles. The van der Waals surface area contributed by atoms with Crippen LogP contribution in [0.5, 0.6) is 0 Å². The molecule has 0 aliphatic rings. The van der Waals surface area contributed by atoms with E-state index in [2.05, 4.69) is 10.3 Å². The van der Waals surface area contributed by atoms with Crippen molar-refractivity contribution in [1.29, 1.82) is 0 Å². The number of fused-ring (bicyclic) bond motifs is 1. The summed E-state index contributed by atoms with van der Waals surface area (Å²) in [6.07, 6.45) is -4.35. The molecule has 0 saturated heterocycles. The van der Waals surface area contributed by atoms with E-state index in [0.29, 0.717) is 18.0 Å². The standard InChI is InChI=1S/C11H11F3N2O/c1-2-15-6-10-16-8-5-7(11(12,13)14)3-4-9(8)17-10/h3-5,15H,2,6H2,1H3. The molecule has 2 rings (SSSR count). The Morgan fingerprint density at radius 2 is 2.12 bits per heavy atom. The fourth-order valence-corrected chi connectivity index (χ4v) is 1.46. The molecule has 0 spiro atoms. The van der Waals surface area contributed by atoms with Crippen LogP contribution in [0.15, 0.2) is 22.6 Å². The minimum atomic E-state index is -4.35. The highest BCUT2D eigenvalue weighted by atomic mass is 19.4. The SMILES string of the molecule is CCNCc1nc2cc(C(F)(F)F)ccc2o1. The van der Waals surface area contributed by atoms with Crippen LogP contribution in [0.4, 0.5) is 13.2 Å². The molecule has 92 valence electrons. The fraction of sp³-hybridized carbons (Fsp3) is 0.364. The van der Waals surface area contributed by atoms with E-state index in [-0.39, 0.29) is 5.52 Å². The van der Waals surface area contributed by atoms with Crippen molar-refractivity contribution in [2.75, 3.05) is 6.54 Å². The summed E-state index contributed by atoms with van der Waals surface area (Å²) in [5, 5.41) is 2.99. The lowest BCUT2D eigenvalue weighted by atomic mass is 10.2. The Bertz CT molecular complexity index is 519. The van der Waals surface area contributed by atoms with Gasteiger partial charge in [0.1, 0.15) is 5.52 Å². The lowest BCUT2D eigenvalue weighted by molar-refractivity contribution is -0.137. The first-order valence-corrected chi connectivity index (χ1v) is 5.18. The smallest absolute Gasteiger partial charge is 0.416 e. The number of alkyl halides is 3. The predicted octanol–water partition coefficient (Wildman–Crippen LogP) is 2.96. The van der Waals surface area contributed by atoms with E-state index in [9.17, 15) is 13.2 Å². The summed E-state index contributed by atoms with van der Waals surface area (Å²) < 4.78 is 42.7.